The van der Waals surface area contributed by atoms with Crippen molar-refractivity contribution in [3.63, 3.8) is 0 Å². The minimum atomic E-state index is -0.638. The molecule has 0 radical (unpaired) electrons. The Hall–Kier alpha value is -3.31. The largest absolute Gasteiger partial charge is 0.497 e. The van der Waals surface area contributed by atoms with Crippen LogP contribution in [-0.2, 0) is 29.1 Å². The van der Waals surface area contributed by atoms with Gasteiger partial charge in [-0.25, -0.2) is 0 Å². The second-order valence-corrected chi connectivity index (χ2v) is 7.99. The molecular weight excluding hydrogens is 424 g/mol. The number of hydrogen-bond acceptors (Lipinski definition) is 3. The van der Waals surface area contributed by atoms with Gasteiger partial charge < -0.3 is 15.0 Å². The fourth-order valence-electron chi connectivity index (χ4n) is 3.32. The van der Waals surface area contributed by atoms with E-state index in [0.717, 1.165) is 22.4 Å². The summed E-state index contributed by atoms with van der Waals surface area (Å²) in [6.45, 7) is 2.44. The highest BCUT2D eigenvalue weighted by Crippen LogP contribution is 2.16. The molecule has 3 rings (SSSR count). The standard InChI is InChI=1S/C26H27ClN2O3/c1-19(26(31)28-17-21-8-12-23(27)13-9-21)29(18-22-10-14-24(32-2)15-11-22)25(30)16-20-6-4-3-5-7-20/h3-15,19H,16-18H2,1-2H3,(H,28,31). The molecule has 3 aromatic carbocycles. The first-order valence-corrected chi connectivity index (χ1v) is 10.8. The maximum Gasteiger partial charge on any atom is 0.242 e. The van der Waals surface area contributed by atoms with E-state index in [1.165, 1.54) is 0 Å². The molecule has 166 valence electrons. The van der Waals surface area contributed by atoms with Crippen LogP contribution in [0.4, 0.5) is 0 Å². The van der Waals surface area contributed by atoms with Crippen LogP contribution in [-0.4, -0.2) is 29.9 Å². The first-order chi connectivity index (χ1) is 15.5. The molecule has 1 N–H and O–H groups in total. The lowest BCUT2D eigenvalue weighted by molar-refractivity contribution is -0.140. The molecule has 0 aliphatic heterocycles. The molecular formula is C26H27ClN2O3. The van der Waals surface area contributed by atoms with Gasteiger partial charge in [-0.05, 0) is 47.9 Å². The molecule has 0 fully saturated rings. The molecule has 0 aliphatic rings. The monoisotopic (exact) mass is 450 g/mol. The summed E-state index contributed by atoms with van der Waals surface area (Å²) in [5.41, 5.74) is 2.77. The van der Waals surface area contributed by atoms with Gasteiger partial charge in [0, 0.05) is 18.1 Å². The molecule has 3 aromatic rings. The molecule has 0 heterocycles. The van der Waals surface area contributed by atoms with E-state index in [2.05, 4.69) is 5.32 Å². The third kappa shape index (κ3) is 6.59. The Bertz CT molecular complexity index is 1020. The summed E-state index contributed by atoms with van der Waals surface area (Å²) in [4.78, 5) is 27.7. The lowest BCUT2D eigenvalue weighted by Gasteiger charge is -2.29. The van der Waals surface area contributed by atoms with Crippen molar-refractivity contribution in [1.29, 1.82) is 0 Å². The van der Waals surface area contributed by atoms with E-state index in [9.17, 15) is 9.59 Å². The van der Waals surface area contributed by atoms with E-state index < -0.39 is 6.04 Å². The Kier molecular flexibility index (Phi) is 8.28. The van der Waals surface area contributed by atoms with Crippen LogP contribution in [0.3, 0.4) is 0 Å². The van der Waals surface area contributed by atoms with Crippen molar-refractivity contribution in [1.82, 2.24) is 10.2 Å². The van der Waals surface area contributed by atoms with Crippen LogP contribution in [0, 0.1) is 0 Å². The van der Waals surface area contributed by atoms with E-state index in [1.54, 1.807) is 31.1 Å². The number of halogens is 1. The van der Waals surface area contributed by atoms with Crippen molar-refractivity contribution in [3.05, 3.63) is 101 Å². The molecule has 0 aromatic heterocycles. The zero-order valence-corrected chi connectivity index (χ0v) is 19.0. The van der Waals surface area contributed by atoms with E-state index in [4.69, 9.17) is 16.3 Å². The highest BCUT2D eigenvalue weighted by molar-refractivity contribution is 6.30. The maximum absolute atomic E-state index is 13.2. The normalized spacial score (nSPS) is 11.5. The number of amides is 2. The summed E-state index contributed by atoms with van der Waals surface area (Å²) in [5.74, 6) is 0.417. The number of rotatable bonds is 9. The second-order valence-electron chi connectivity index (χ2n) is 7.55. The third-order valence-electron chi connectivity index (χ3n) is 5.26. The summed E-state index contributed by atoms with van der Waals surface area (Å²) in [6.07, 6.45) is 0.228. The molecule has 0 bridgehead atoms. The first kappa shape index (κ1) is 23.4. The number of carbonyl (C=O) groups is 2. The smallest absolute Gasteiger partial charge is 0.242 e. The van der Waals surface area contributed by atoms with Crippen LogP contribution >= 0.6 is 11.6 Å². The molecule has 1 atom stereocenters. The average Bonchev–Trinajstić information content (AvgIpc) is 2.82. The van der Waals surface area contributed by atoms with Gasteiger partial charge in [0.1, 0.15) is 11.8 Å². The van der Waals surface area contributed by atoms with E-state index >= 15 is 0 Å². The molecule has 0 saturated carbocycles. The quantitative estimate of drug-likeness (QED) is 0.517. The lowest BCUT2D eigenvalue weighted by atomic mass is 10.1. The summed E-state index contributed by atoms with van der Waals surface area (Å²) >= 11 is 5.92. The number of ether oxygens (including phenoxy) is 1. The number of carbonyl (C=O) groups excluding carboxylic acids is 2. The van der Waals surface area contributed by atoms with Crippen LogP contribution in [0.25, 0.3) is 0 Å². The van der Waals surface area contributed by atoms with Gasteiger partial charge in [0.2, 0.25) is 11.8 Å². The number of benzene rings is 3. The van der Waals surface area contributed by atoms with Crippen LogP contribution < -0.4 is 10.1 Å². The van der Waals surface area contributed by atoms with Crippen LogP contribution in [0.1, 0.15) is 23.6 Å². The topological polar surface area (TPSA) is 58.6 Å². The summed E-state index contributed by atoms with van der Waals surface area (Å²) in [6, 6.07) is 23.7. The van der Waals surface area contributed by atoms with Gasteiger partial charge in [-0.3, -0.25) is 9.59 Å². The van der Waals surface area contributed by atoms with Crippen LogP contribution in [0.15, 0.2) is 78.9 Å². The minimum Gasteiger partial charge on any atom is -0.497 e. The predicted molar refractivity (Wildman–Crippen MR) is 126 cm³/mol. The zero-order chi connectivity index (χ0) is 22.9. The van der Waals surface area contributed by atoms with E-state index in [-0.39, 0.29) is 18.2 Å². The predicted octanol–water partition coefficient (Wildman–Crippen LogP) is 4.62. The summed E-state index contributed by atoms with van der Waals surface area (Å²) in [7, 11) is 1.61. The highest BCUT2D eigenvalue weighted by atomic mass is 35.5. The average molecular weight is 451 g/mol. The number of nitrogens with zero attached hydrogens (tertiary/aromatic N) is 1. The fourth-order valence-corrected chi connectivity index (χ4v) is 3.45. The summed E-state index contributed by atoms with van der Waals surface area (Å²) in [5, 5.41) is 3.57. The van der Waals surface area contributed by atoms with Gasteiger partial charge in [0.05, 0.1) is 13.5 Å². The van der Waals surface area contributed by atoms with Crippen molar-refractivity contribution in [2.45, 2.75) is 32.5 Å². The van der Waals surface area contributed by atoms with Crippen molar-refractivity contribution in [3.8, 4) is 5.75 Å². The Morgan fingerprint density at radius 3 is 2.16 bits per heavy atom. The van der Waals surface area contributed by atoms with Gasteiger partial charge in [-0.15, -0.1) is 0 Å². The lowest BCUT2D eigenvalue weighted by Crippen LogP contribution is -2.47. The zero-order valence-electron chi connectivity index (χ0n) is 18.3. The summed E-state index contributed by atoms with van der Waals surface area (Å²) < 4.78 is 5.21. The maximum atomic E-state index is 13.2. The van der Waals surface area contributed by atoms with E-state index in [1.807, 2.05) is 66.7 Å². The number of nitrogens with one attached hydrogen (secondary N) is 1. The Labute approximate surface area is 194 Å². The number of hydrogen-bond donors (Lipinski definition) is 1. The Balaban J connectivity index is 1.73. The molecule has 0 aliphatic carbocycles. The van der Waals surface area contributed by atoms with Gasteiger partial charge >= 0.3 is 0 Å². The van der Waals surface area contributed by atoms with Crippen molar-refractivity contribution in [2.75, 3.05) is 7.11 Å². The second kappa shape index (κ2) is 11.3. The van der Waals surface area contributed by atoms with Gasteiger partial charge in [0.15, 0.2) is 0 Å². The Morgan fingerprint density at radius 1 is 0.906 bits per heavy atom. The van der Waals surface area contributed by atoms with Gasteiger partial charge in [-0.1, -0.05) is 66.2 Å². The molecule has 0 saturated heterocycles. The molecule has 0 spiro atoms. The SMILES string of the molecule is COc1ccc(CN(C(=O)Cc2ccccc2)C(C)C(=O)NCc2ccc(Cl)cc2)cc1. The fraction of sp³-hybridized carbons (Fsp3) is 0.231. The van der Waals surface area contributed by atoms with E-state index in [0.29, 0.717) is 18.1 Å². The van der Waals surface area contributed by atoms with Crippen LogP contribution in [0.2, 0.25) is 5.02 Å². The Morgan fingerprint density at radius 2 is 1.53 bits per heavy atom. The van der Waals surface area contributed by atoms with Gasteiger partial charge in [0.25, 0.3) is 0 Å². The van der Waals surface area contributed by atoms with Crippen molar-refractivity contribution >= 4 is 23.4 Å². The van der Waals surface area contributed by atoms with Crippen molar-refractivity contribution in [2.24, 2.45) is 0 Å². The molecule has 32 heavy (non-hydrogen) atoms. The first-order valence-electron chi connectivity index (χ1n) is 10.4. The van der Waals surface area contributed by atoms with Crippen LogP contribution in [0.5, 0.6) is 5.75 Å². The van der Waals surface area contributed by atoms with Crippen molar-refractivity contribution < 1.29 is 14.3 Å². The molecule has 6 heteroatoms. The minimum absolute atomic E-state index is 0.110. The highest BCUT2D eigenvalue weighted by Gasteiger charge is 2.26. The molecule has 1 unspecified atom stereocenters. The third-order valence-corrected chi connectivity index (χ3v) is 5.51. The molecule has 5 nitrogen and oxygen atoms in total. The number of methoxy groups -OCH3 is 1. The molecule has 2 amide bonds. The van der Waals surface area contributed by atoms with Gasteiger partial charge in [-0.2, -0.15) is 0 Å².